The van der Waals surface area contributed by atoms with Crippen LogP contribution in [-0.2, 0) is 0 Å². The van der Waals surface area contributed by atoms with E-state index in [1.807, 2.05) is 0 Å². The highest BCUT2D eigenvalue weighted by molar-refractivity contribution is 5.29. The maximum atomic E-state index is 12.6. The molecule has 0 spiro atoms. The van der Waals surface area contributed by atoms with Gasteiger partial charge in [0.05, 0.1) is 12.8 Å². The van der Waals surface area contributed by atoms with Gasteiger partial charge in [-0.15, -0.1) is 0 Å². The number of halogens is 1. The Bertz CT molecular complexity index is 515. The van der Waals surface area contributed by atoms with Crippen LogP contribution in [0.2, 0.25) is 0 Å². The van der Waals surface area contributed by atoms with E-state index in [4.69, 9.17) is 0 Å². The molecular formula is C9H7FN2O3. The summed E-state index contributed by atoms with van der Waals surface area (Å²) in [5.41, 5.74) is 0.411. The fourth-order valence-electron chi connectivity index (χ4n) is 1.09. The SMILES string of the molecule is COc1nn(-c2ccc(F)cc2)c(=O)o1. The third-order valence-corrected chi connectivity index (χ3v) is 1.78. The zero-order chi connectivity index (χ0) is 10.8. The molecule has 6 heteroatoms. The molecule has 2 rings (SSSR count). The van der Waals surface area contributed by atoms with Gasteiger partial charge in [-0.2, -0.15) is 4.68 Å². The van der Waals surface area contributed by atoms with Crippen LogP contribution < -0.4 is 10.5 Å². The first-order valence-corrected chi connectivity index (χ1v) is 4.11. The summed E-state index contributed by atoms with van der Waals surface area (Å²) >= 11 is 0. The normalized spacial score (nSPS) is 10.3. The first kappa shape index (κ1) is 9.45. The van der Waals surface area contributed by atoms with E-state index < -0.39 is 5.76 Å². The van der Waals surface area contributed by atoms with Gasteiger partial charge in [0.15, 0.2) is 0 Å². The molecule has 78 valence electrons. The zero-order valence-corrected chi connectivity index (χ0v) is 7.81. The second kappa shape index (κ2) is 3.56. The molecule has 0 fully saturated rings. The summed E-state index contributed by atoms with van der Waals surface area (Å²) in [7, 11) is 1.33. The molecule has 0 bridgehead atoms. The standard InChI is InChI=1S/C9H7FN2O3/c1-14-8-11-12(9(13)15-8)7-4-2-6(10)3-5-7/h2-5H,1H3. The van der Waals surface area contributed by atoms with Crippen molar-refractivity contribution in [3.05, 3.63) is 40.6 Å². The molecule has 5 nitrogen and oxygen atoms in total. The van der Waals surface area contributed by atoms with Gasteiger partial charge in [0.25, 0.3) is 0 Å². The van der Waals surface area contributed by atoms with E-state index in [0.717, 1.165) is 4.68 Å². The lowest BCUT2D eigenvalue weighted by Crippen LogP contribution is -2.13. The van der Waals surface area contributed by atoms with Crippen molar-refractivity contribution in [3.8, 4) is 11.8 Å². The summed E-state index contributed by atoms with van der Waals surface area (Å²) in [6.45, 7) is 0. The van der Waals surface area contributed by atoms with Crippen molar-refractivity contribution < 1.29 is 13.5 Å². The molecule has 2 aromatic rings. The minimum absolute atomic E-state index is 0.135. The number of hydrogen-bond donors (Lipinski definition) is 0. The van der Waals surface area contributed by atoms with Crippen LogP contribution in [0.5, 0.6) is 6.08 Å². The van der Waals surface area contributed by atoms with Crippen molar-refractivity contribution >= 4 is 0 Å². The third kappa shape index (κ3) is 1.74. The van der Waals surface area contributed by atoms with Crippen molar-refractivity contribution in [1.82, 2.24) is 9.78 Å². The van der Waals surface area contributed by atoms with Crippen LogP contribution in [-0.4, -0.2) is 16.9 Å². The van der Waals surface area contributed by atoms with Crippen molar-refractivity contribution in [3.63, 3.8) is 0 Å². The first-order chi connectivity index (χ1) is 7.20. The van der Waals surface area contributed by atoms with E-state index in [-0.39, 0.29) is 11.9 Å². The van der Waals surface area contributed by atoms with Gasteiger partial charge in [0, 0.05) is 0 Å². The van der Waals surface area contributed by atoms with Crippen LogP contribution >= 0.6 is 0 Å². The highest BCUT2D eigenvalue weighted by atomic mass is 19.1. The van der Waals surface area contributed by atoms with E-state index >= 15 is 0 Å². The molecule has 0 N–H and O–H groups in total. The molecule has 1 heterocycles. The Morgan fingerprint density at radius 2 is 2.07 bits per heavy atom. The van der Waals surface area contributed by atoms with Gasteiger partial charge in [0.2, 0.25) is 0 Å². The number of rotatable bonds is 2. The number of benzene rings is 1. The van der Waals surface area contributed by atoms with E-state index in [9.17, 15) is 9.18 Å². The fourth-order valence-corrected chi connectivity index (χ4v) is 1.09. The fraction of sp³-hybridized carbons (Fsp3) is 0.111. The lowest BCUT2D eigenvalue weighted by molar-refractivity contribution is 0.282. The first-order valence-electron chi connectivity index (χ1n) is 4.11. The molecule has 0 saturated carbocycles. The Hall–Kier alpha value is -2.11. The molecule has 0 amide bonds. The molecule has 0 aliphatic heterocycles. The Labute approximate surface area is 83.7 Å². The lowest BCUT2D eigenvalue weighted by Gasteiger charge is -1.96. The molecule has 0 radical (unpaired) electrons. The van der Waals surface area contributed by atoms with Gasteiger partial charge in [-0.05, 0) is 24.3 Å². The Balaban J connectivity index is 2.49. The summed E-state index contributed by atoms with van der Waals surface area (Å²) in [5.74, 6) is -1.07. The van der Waals surface area contributed by atoms with Crippen molar-refractivity contribution in [2.45, 2.75) is 0 Å². The number of ether oxygens (including phenoxy) is 1. The third-order valence-electron chi connectivity index (χ3n) is 1.78. The molecular weight excluding hydrogens is 203 g/mol. The van der Waals surface area contributed by atoms with Gasteiger partial charge in [-0.3, -0.25) is 0 Å². The van der Waals surface area contributed by atoms with Crippen LogP contribution in [0.3, 0.4) is 0 Å². The average molecular weight is 210 g/mol. The number of hydrogen-bond acceptors (Lipinski definition) is 4. The summed E-state index contributed by atoms with van der Waals surface area (Å²) < 4.78 is 22.9. The number of nitrogens with zero attached hydrogens (tertiary/aromatic N) is 2. The molecule has 0 atom stereocenters. The minimum atomic E-state index is -0.682. The van der Waals surface area contributed by atoms with E-state index in [2.05, 4.69) is 14.3 Å². The van der Waals surface area contributed by atoms with Crippen LogP contribution in [0, 0.1) is 5.82 Å². The van der Waals surface area contributed by atoms with Gasteiger partial charge >= 0.3 is 11.8 Å². The predicted molar refractivity (Wildman–Crippen MR) is 48.6 cm³/mol. The maximum absolute atomic E-state index is 12.6. The monoisotopic (exact) mass is 210 g/mol. The molecule has 15 heavy (non-hydrogen) atoms. The highest BCUT2D eigenvalue weighted by Gasteiger charge is 2.09. The number of aromatic nitrogens is 2. The van der Waals surface area contributed by atoms with Crippen molar-refractivity contribution in [2.24, 2.45) is 0 Å². The van der Waals surface area contributed by atoms with Crippen LogP contribution in [0.4, 0.5) is 4.39 Å². The van der Waals surface area contributed by atoms with Crippen molar-refractivity contribution in [2.75, 3.05) is 7.11 Å². The number of methoxy groups -OCH3 is 1. The second-order valence-electron chi connectivity index (χ2n) is 2.73. The maximum Gasteiger partial charge on any atom is 0.444 e. The summed E-state index contributed by atoms with van der Waals surface area (Å²) in [6.07, 6.45) is -0.135. The van der Waals surface area contributed by atoms with Gasteiger partial charge in [-0.1, -0.05) is 5.10 Å². The van der Waals surface area contributed by atoms with Crippen LogP contribution in [0.25, 0.3) is 5.69 Å². The molecule has 0 unspecified atom stereocenters. The second-order valence-corrected chi connectivity index (χ2v) is 2.73. The van der Waals surface area contributed by atoms with E-state index in [1.165, 1.54) is 31.4 Å². The van der Waals surface area contributed by atoms with Crippen LogP contribution in [0.15, 0.2) is 33.5 Å². The van der Waals surface area contributed by atoms with E-state index in [0.29, 0.717) is 5.69 Å². The highest BCUT2D eigenvalue weighted by Crippen LogP contribution is 2.08. The Kier molecular flexibility index (Phi) is 2.24. The van der Waals surface area contributed by atoms with Gasteiger partial charge < -0.3 is 9.15 Å². The Morgan fingerprint density at radius 3 is 2.60 bits per heavy atom. The Morgan fingerprint density at radius 1 is 1.40 bits per heavy atom. The topological polar surface area (TPSA) is 57.3 Å². The zero-order valence-electron chi connectivity index (χ0n) is 7.81. The van der Waals surface area contributed by atoms with E-state index in [1.54, 1.807) is 0 Å². The lowest BCUT2D eigenvalue weighted by atomic mass is 10.3. The largest absolute Gasteiger partial charge is 0.452 e. The summed E-state index contributed by atoms with van der Waals surface area (Å²) in [6, 6.07) is 5.28. The summed E-state index contributed by atoms with van der Waals surface area (Å²) in [4.78, 5) is 11.2. The molecule has 0 aliphatic rings. The quantitative estimate of drug-likeness (QED) is 0.741. The van der Waals surface area contributed by atoms with Gasteiger partial charge in [-0.25, -0.2) is 9.18 Å². The average Bonchev–Trinajstić information content (AvgIpc) is 2.61. The summed E-state index contributed by atoms with van der Waals surface area (Å²) in [5, 5.41) is 3.72. The molecule has 0 saturated heterocycles. The smallest absolute Gasteiger partial charge is 0.444 e. The molecule has 0 aliphatic carbocycles. The van der Waals surface area contributed by atoms with Gasteiger partial charge in [0.1, 0.15) is 5.82 Å². The molecule has 1 aromatic carbocycles. The molecule has 1 aromatic heterocycles. The predicted octanol–water partition coefficient (Wildman–Crippen LogP) is 0.973. The van der Waals surface area contributed by atoms with Crippen LogP contribution in [0.1, 0.15) is 0 Å². The minimum Gasteiger partial charge on any atom is -0.452 e. The van der Waals surface area contributed by atoms with Crippen molar-refractivity contribution in [1.29, 1.82) is 0 Å².